The zero-order valence-corrected chi connectivity index (χ0v) is 8.09. The molecular formula is C12H13NO. The summed E-state index contributed by atoms with van der Waals surface area (Å²) in [6.45, 7) is 0. The molecule has 2 nitrogen and oxygen atoms in total. The van der Waals surface area contributed by atoms with Crippen molar-refractivity contribution in [3.63, 3.8) is 0 Å². The summed E-state index contributed by atoms with van der Waals surface area (Å²) in [4.78, 5) is 0. The molecule has 1 aromatic heterocycles. The van der Waals surface area contributed by atoms with E-state index in [1.165, 1.54) is 0 Å². The summed E-state index contributed by atoms with van der Waals surface area (Å²) in [5.74, 6) is 0. The van der Waals surface area contributed by atoms with Gasteiger partial charge in [-0.3, -0.25) is 0 Å². The van der Waals surface area contributed by atoms with E-state index in [-0.39, 0.29) is 0 Å². The Bertz CT molecular complexity index is 405. The zero-order valence-electron chi connectivity index (χ0n) is 8.09. The second kappa shape index (κ2) is 3.68. The highest BCUT2D eigenvalue weighted by atomic mass is 16.3. The Kier molecular flexibility index (Phi) is 2.37. The minimum absolute atomic E-state index is 0.531. The Morgan fingerprint density at radius 3 is 2.36 bits per heavy atom. The smallest absolute Gasteiger partial charge is 0.119 e. The fourth-order valence-corrected chi connectivity index (χ4v) is 1.56. The summed E-state index contributed by atoms with van der Waals surface area (Å²) in [5, 5.41) is 10.0. The van der Waals surface area contributed by atoms with Crippen molar-refractivity contribution in [2.45, 2.75) is 6.10 Å². The normalized spacial score (nSPS) is 12.7. The first-order chi connectivity index (χ1) is 6.79. The third-order valence-electron chi connectivity index (χ3n) is 2.38. The lowest BCUT2D eigenvalue weighted by Gasteiger charge is -2.11. The molecule has 0 aliphatic heterocycles. The van der Waals surface area contributed by atoms with Crippen molar-refractivity contribution in [1.82, 2.24) is 4.57 Å². The van der Waals surface area contributed by atoms with Crippen LogP contribution in [0.5, 0.6) is 0 Å². The molecule has 1 unspecified atom stereocenters. The van der Waals surface area contributed by atoms with Crippen LogP contribution in [-0.4, -0.2) is 9.67 Å². The first kappa shape index (κ1) is 9.03. The van der Waals surface area contributed by atoms with E-state index in [9.17, 15) is 5.11 Å². The van der Waals surface area contributed by atoms with Crippen molar-refractivity contribution in [2.24, 2.45) is 7.05 Å². The lowest BCUT2D eigenvalue weighted by atomic mass is 10.1. The van der Waals surface area contributed by atoms with Gasteiger partial charge in [0.15, 0.2) is 0 Å². The highest BCUT2D eigenvalue weighted by Gasteiger charge is 2.11. The lowest BCUT2D eigenvalue weighted by Crippen LogP contribution is -2.04. The topological polar surface area (TPSA) is 25.2 Å². The van der Waals surface area contributed by atoms with Crippen molar-refractivity contribution in [3.8, 4) is 0 Å². The average molecular weight is 187 g/mol. The van der Waals surface area contributed by atoms with Crippen LogP contribution in [0.4, 0.5) is 0 Å². The number of aryl methyl sites for hydroxylation is 1. The molecule has 2 rings (SSSR count). The fourth-order valence-electron chi connectivity index (χ4n) is 1.56. The average Bonchev–Trinajstić information content (AvgIpc) is 2.65. The quantitative estimate of drug-likeness (QED) is 0.765. The molecule has 2 aromatic rings. The van der Waals surface area contributed by atoms with Crippen LogP contribution in [0, 0.1) is 0 Å². The van der Waals surface area contributed by atoms with Crippen molar-refractivity contribution in [3.05, 3.63) is 59.9 Å². The molecule has 0 radical (unpaired) electrons. The van der Waals surface area contributed by atoms with Gasteiger partial charge in [-0.2, -0.15) is 0 Å². The molecule has 2 heteroatoms. The van der Waals surface area contributed by atoms with E-state index >= 15 is 0 Å². The number of rotatable bonds is 2. The molecular weight excluding hydrogens is 174 g/mol. The Morgan fingerprint density at radius 2 is 1.79 bits per heavy atom. The van der Waals surface area contributed by atoms with Crippen LogP contribution in [0.25, 0.3) is 0 Å². The van der Waals surface area contributed by atoms with Crippen LogP contribution in [0.15, 0.2) is 48.7 Å². The van der Waals surface area contributed by atoms with E-state index in [2.05, 4.69) is 0 Å². The van der Waals surface area contributed by atoms with Crippen molar-refractivity contribution in [1.29, 1.82) is 0 Å². The Morgan fingerprint density at radius 1 is 1.07 bits per heavy atom. The molecule has 14 heavy (non-hydrogen) atoms. The molecule has 1 N–H and O–H groups in total. The van der Waals surface area contributed by atoms with Crippen LogP contribution in [-0.2, 0) is 7.05 Å². The van der Waals surface area contributed by atoms with Crippen LogP contribution in [0.2, 0.25) is 0 Å². The van der Waals surface area contributed by atoms with Crippen LogP contribution in [0.3, 0.4) is 0 Å². The van der Waals surface area contributed by atoms with Gasteiger partial charge in [0.05, 0.1) is 5.69 Å². The molecule has 0 aliphatic carbocycles. The molecule has 0 saturated carbocycles. The van der Waals surface area contributed by atoms with Gasteiger partial charge >= 0.3 is 0 Å². The van der Waals surface area contributed by atoms with Gasteiger partial charge in [0.25, 0.3) is 0 Å². The number of aliphatic hydroxyl groups excluding tert-OH is 1. The predicted molar refractivity (Wildman–Crippen MR) is 55.9 cm³/mol. The Labute approximate surface area is 83.4 Å². The maximum absolute atomic E-state index is 10.0. The van der Waals surface area contributed by atoms with Crippen LogP contribution in [0.1, 0.15) is 17.4 Å². The summed E-state index contributed by atoms with van der Waals surface area (Å²) in [7, 11) is 1.93. The minimum Gasteiger partial charge on any atom is -0.382 e. The molecule has 0 amide bonds. The number of aromatic nitrogens is 1. The number of benzene rings is 1. The minimum atomic E-state index is -0.531. The first-order valence-corrected chi connectivity index (χ1v) is 4.63. The molecule has 1 aromatic carbocycles. The van der Waals surface area contributed by atoms with E-state index in [4.69, 9.17) is 0 Å². The van der Waals surface area contributed by atoms with Crippen LogP contribution < -0.4 is 0 Å². The maximum atomic E-state index is 10.0. The van der Waals surface area contributed by atoms with Gasteiger partial charge in [-0.25, -0.2) is 0 Å². The van der Waals surface area contributed by atoms with Gasteiger partial charge < -0.3 is 9.67 Å². The Hall–Kier alpha value is -1.54. The molecule has 72 valence electrons. The molecule has 1 atom stereocenters. The van der Waals surface area contributed by atoms with Gasteiger partial charge in [-0.1, -0.05) is 30.3 Å². The maximum Gasteiger partial charge on any atom is 0.119 e. The van der Waals surface area contributed by atoms with Gasteiger partial charge in [0.1, 0.15) is 6.10 Å². The fraction of sp³-hybridized carbons (Fsp3) is 0.167. The molecule has 1 heterocycles. The van der Waals surface area contributed by atoms with E-state index in [1.54, 1.807) is 0 Å². The Balaban J connectivity index is 2.34. The molecule has 0 saturated heterocycles. The molecule has 0 aliphatic rings. The predicted octanol–water partition coefficient (Wildman–Crippen LogP) is 2.11. The van der Waals surface area contributed by atoms with Gasteiger partial charge in [0.2, 0.25) is 0 Å². The SMILES string of the molecule is Cn1cccc1C(O)c1ccccc1. The highest BCUT2D eigenvalue weighted by molar-refractivity contribution is 5.26. The number of hydrogen-bond donors (Lipinski definition) is 1. The number of hydrogen-bond acceptors (Lipinski definition) is 1. The third kappa shape index (κ3) is 1.56. The molecule has 0 bridgehead atoms. The largest absolute Gasteiger partial charge is 0.382 e. The zero-order chi connectivity index (χ0) is 9.97. The van der Waals surface area contributed by atoms with Crippen molar-refractivity contribution in [2.75, 3.05) is 0 Å². The van der Waals surface area contributed by atoms with Crippen molar-refractivity contribution < 1.29 is 5.11 Å². The molecule has 0 spiro atoms. The van der Waals surface area contributed by atoms with Gasteiger partial charge in [0, 0.05) is 13.2 Å². The summed E-state index contributed by atoms with van der Waals surface area (Å²) < 4.78 is 1.93. The first-order valence-electron chi connectivity index (χ1n) is 4.63. The lowest BCUT2D eigenvalue weighted by molar-refractivity contribution is 0.211. The monoisotopic (exact) mass is 187 g/mol. The highest BCUT2D eigenvalue weighted by Crippen LogP contribution is 2.20. The van der Waals surface area contributed by atoms with Crippen molar-refractivity contribution >= 4 is 0 Å². The van der Waals surface area contributed by atoms with Gasteiger partial charge in [-0.05, 0) is 17.7 Å². The second-order valence-electron chi connectivity index (χ2n) is 3.36. The van der Waals surface area contributed by atoms with E-state index in [0.717, 1.165) is 11.3 Å². The summed E-state index contributed by atoms with van der Waals surface area (Å²) in [6, 6.07) is 13.5. The molecule has 0 fully saturated rings. The third-order valence-corrected chi connectivity index (χ3v) is 2.38. The summed E-state index contributed by atoms with van der Waals surface area (Å²) in [6.07, 6.45) is 1.40. The van der Waals surface area contributed by atoms with E-state index < -0.39 is 6.10 Å². The van der Waals surface area contributed by atoms with Gasteiger partial charge in [-0.15, -0.1) is 0 Å². The standard InChI is InChI=1S/C12H13NO/c1-13-9-5-8-11(13)12(14)10-6-3-2-4-7-10/h2-9,12,14H,1H3. The summed E-state index contributed by atoms with van der Waals surface area (Å²) >= 11 is 0. The number of aliphatic hydroxyl groups is 1. The summed E-state index contributed by atoms with van der Waals surface area (Å²) in [5.41, 5.74) is 1.84. The second-order valence-corrected chi connectivity index (χ2v) is 3.36. The van der Waals surface area contributed by atoms with E-state index in [1.807, 2.05) is 60.3 Å². The van der Waals surface area contributed by atoms with Crippen LogP contribution >= 0.6 is 0 Å². The van der Waals surface area contributed by atoms with E-state index in [0.29, 0.717) is 0 Å². The number of nitrogens with zero attached hydrogens (tertiary/aromatic N) is 1.